The van der Waals surface area contributed by atoms with E-state index in [9.17, 15) is 9.59 Å². The van der Waals surface area contributed by atoms with Crippen molar-refractivity contribution in [2.45, 2.75) is 23.8 Å². The Morgan fingerprint density at radius 1 is 1.12 bits per heavy atom. The molecule has 0 aliphatic carbocycles. The van der Waals surface area contributed by atoms with Crippen LogP contribution in [-0.2, 0) is 10.5 Å². The monoisotopic (exact) mass is 447 g/mol. The first-order chi connectivity index (χ1) is 15.6. The van der Waals surface area contributed by atoms with Crippen molar-refractivity contribution < 1.29 is 9.59 Å². The number of para-hydroxylation sites is 2. The van der Waals surface area contributed by atoms with Crippen molar-refractivity contribution in [3.63, 3.8) is 0 Å². The molecule has 1 saturated heterocycles. The number of hydrazine groups is 1. The summed E-state index contributed by atoms with van der Waals surface area (Å²) >= 11 is 1.61. The molecule has 4 rings (SSSR count). The van der Waals surface area contributed by atoms with Crippen molar-refractivity contribution in [2.24, 2.45) is 5.92 Å². The summed E-state index contributed by atoms with van der Waals surface area (Å²) in [5, 5.41) is 0.862. The Balaban J connectivity index is 1.23. The van der Waals surface area contributed by atoms with E-state index in [0.29, 0.717) is 12.1 Å². The summed E-state index contributed by atoms with van der Waals surface area (Å²) in [6.45, 7) is 2.20. The van der Waals surface area contributed by atoms with Crippen molar-refractivity contribution in [1.82, 2.24) is 25.7 Å². The number of hydrogen-bond acceptors (Lipinski definition) is 5. The summed E-state index contributed by atoms with van der Waals surface area (Å²) in [5.74, 6) is 2.76. The number of aromatic nitrogens is 2. The lowest BCUT2D eigenvalue weighted by Gasteiger charge is -2.29. The lowest BCUT2D eigenvalue weighted by Crippen LogP contribution is -2.47. The number of nitrogens with one attached hydrogen (secondary N) is 3. The van der Waals surface area contributed by atoms with Crippen LogP contribution in [0.5, 0.6) is 0 Å². The second-order valence-electron chi connectivity index (χ2n) is 7.74. The van der Waals surface area contributed by atoms with E-state index in [2.05, 4.69) is 31.6 Å². The number of amides is 2. The van der Waals surface area contributed by atoms with E-state index < -0.39 is 0 Å². The molecule has 1 fully saturated rings. The number of aromatic amines is 1. The van der Waals surface area contributed by atoms with Gasteiger partial charge in [0, 0.05) is 17.2 Å². The van der Waals surface area contributed by atoms with Crippen LogP contribution >= 0.6 is 11.8 Å². The fraction of sp³-hybridized carbons (Fsp3) is 0.292. The predicted molar refractivity (Wildman–Crippen MR) is 126 cm³/mol. The van der Waals surface area contributed by atoms with Gasteiger partial charge >= 0.3 is 0 Å². The van der Waals surface area contributed by atoms with Crippen LogP contribution in [0.15, 0.2) is 53.7 Å². The Morgan fingerprint density at radius 2 is 1.88 bits per heavy atom. The van der Waals surface area contributed by atoms with Gasteiger partial charge in [0.25, 0.3) is 5.91 Å². The van der Waals surface area contributed by atoms with Gasteiger partial charge in [0.15, 0.2) is 5.16 Å². The van der Waals surface area contributed by atoms with Crippen molar-refractivity contribution in [2.75, 3.05) is 19.6 Å². The molecule has 1 aliphatic rings. The molecule has 0 atom stereocenters. The van der Waals surface area contributed by atoms with Crippen LogP contribution < -0.4 is 10.9 Å². The number of carbonyl (C=O) groups is 2. The summed E-state index contributed by atoms with van der Waals surface area (Å²) in [6.07, 6.45) is 6.81. The Morgan fingerprint density at radius 3 is 2.59 bits per heavy atom. The Kier molecular flexibility index (Phi) is 7.10. The summed E-state index contributed by atoms with van der Waals surface area (Å²) in [7, 11) is 0. The second kappa shape index (κ2) is 10.4. The normalized spacial score (nSPS) is 14.7. The minimum Gasteiger partial charge on any atom is -0.333 e. The number of hydrogen-bond donors (Lipinski definition) is 3. The number of rotatable bonds is 6. The summed E-state index contributed by atoms with van der Waals surface area (Å²) < 4.78 is 0. The van der Waals surface area contributed by atoms with Crippen molar-refractivity contribution in [3.05, 3.63) is 59.7 Å². The second-order valence-corrected chi connectivity index (χ2v) is 8.71. The lowest BCUT2D eigenvalue weighted by atomic mass is 9.96. The third kappa shape index (κ3) is 5.49. The third-order valence-electron chi connectivity index (χ3n) is 5.53. The fourth-order valence-corrected chi connectivity index (χ4v) is 4.52. The molecule has 1 aromatic heterocycles. The molecule has 0 unspecified atom stereocenters. The number of nitrogens with zero attached hydrogens (tertiary/aromatic N) is 2. The molecule has 32 heavy (non-hydrogen) atoms. The van der Waals surface area contributed by atoms with Gasteiger partial charge in [-0.05, 0) is 55.8 Å². The highest BCUT2D eigenvalue weighted by Crippen LogP contribution is 2.23. The molecule has 7 nitrogen and oxygen atoms in total. The van der Waals surface area contributed by atoms with E-state index in [4.69, 9.17) is 6.42 Å². The van der Waals surface area contributed by atoms with E-state index in [1.165, 1.54) is 0 Å². The molecule has 2 heterocycles. The van der Waals surface area contributed by atoms with Gasteiger partial charge in [-0.15, -0.1) is 6.42 Å². The van der Waals surface area contributed by atoms with Crippen LogP contribution in [0.3, 0.4) is 0 Å². The Labute approximate surface area is 191 Å². The van der Waals surface area contributed by atoms with Crippen LogP contribution in [0.1, 0.15) is 28.8 Å². The number of likely N-dealkylation sites (tertiary alicyclic amines) is 1. The molecule has 0 spiro atoms. The first-order valence-corrected chi connectivity index (χ1v) is 11.5. The van der Waals surface area contributed by atoms with Gasteiger partial charge < -0.3 is 4.98 Å². The standard InChI is InChI=1S/C24H25N5O2S/c1-2-13-29-14-11-19(12-15-29)23(31)28-27-22(30)18-9-7-17(8-10-18)16-32-24-25-20-5-3-4-6-21(20)26-24/h1,3-10,19H,11-16H2,(H,25,26)(H,27,30)(H,28,31). The highest BCUT2D eigenvalue weighted by atomic mass is 32.2. The van der Waals surface area contributed by atoms with E-state index in [0.717, 1.165) is 53.4 Å². The van der Waals surface area contributed by atoms with Crippen molar-refractivity contribution in [3.8, 4) is 12.3 Å². The summed E-state index contributed by atoms with van der Waals surface area (Å²) in [4.78, 5) is 34.7. The SMILES string of the molecule is C#CCN1CCC(C(=O)NNC(=O)c2ccc(CSc3nc4ccccc4[nH]3)cc2)CC1. The van der Waals surface area contributed by atoms with E-state index in [1.807, 2.05) is 36.4 Å². The fourth-order valence-electron chi connectivity index (χ4n) is 3.68. The van der Waals surface area contributed by atoms with Crippen LogP contribution in [0.25, 0.3) is 11.0 Å². The minimum absolute atomic E-state index is 0.109. The Hall–Kier alpha value is -3.28. The quantitative estimate of drug-likeness (QED) is 0.307. The van der Waals surface area contributed by atoms with Crippen molar-refractivity contribution in [1.29, 1.82) is 0 Å². The molecule has 2 amide bonds. The van der Waals surface area contributed by atoms with Crippen LogP contribution in [-0.4, -0.2) is 46.3 Å². The first-order valence-electron chi connectivity index (χ1n) is 10.5. The molecule has 2 aromatic carbocycles. The summed E-state index contributed by atoms with van der Waals surface area (Å²) in [5.41, 5.74) is 8.61. The average Bonchev–Trinajstić information content (AvgIpc) is 3.25. The molecule has 0 bridgehead atoms. The van der Waals surface area contributed by atoms with Crippen LogP contribution in [0, 0.1) is 18.3 Å². The van der Waals surface area contributed by atoms with E-state index in [1.54, 1.807) is 23.9 Å². The molecule has 3 N–H and O–H groups in total. The number of benzene rings is 2. The Bertz CT molecular complexity index is 1090. The van der Waals surface area contributed by atoms with Crippen LogP contribution in [0.4, 0.5) is 0 Å². The van der Waals surface area contributed by atoms with Gasteiger partial charge in [0.1, 0.15) is 0 Å². The zero-order chi connectivity index (χ0) is 22.3. The maximum atomic E-state index is 12.4. The summed E-state index contributed by atoms with van der Waals surface area (Å²) in [6, 6.07) is 15.3. The number of piperidine rings is 1. The molecule has 1 aliphatic heterocycles. The molecule has 0 radical (unpaired) electrons. The maximum Gasteiger partial charge on any atom is 0.269 e. The maximum absolute atomic E-state index is 12.4. The van der Waals surface area contributed by atoms with Gasteiger partial charge in [0.05, 0.1) is 17.6 Å². The van der Waals surface area contributed by atoms with Gasteiger partial charge in [-0.1, -0.05) is 41.9 Å². The number of fused-ring (bicyclic) bond motifs is 1. The molecule has 8 heteroatoms. The lowest BCUT2D eigenvalue weighted by molar-refractivity contribution is -0.127. The largest absolute Gasteiger partial charge is 0.333 e. The van der Waals surface area contributed by atoms with Gasteiger partial charge in [-0.25, -0.2) is 4.98 Å². The first kappa shape index (κ1) is 21.9. The number of H-pyrrole nitrogens is 1. The van der Waals surface area contributed by atoms with Gasteiger partial charge in [-0.2, -0.15) is 0 Å². The zero-order valence-electron chi connectivity index (χ0n) is 17.6. The molecule has 164 valence electrons. The van der Waals surface area contributed by atoms with E-state index in [-0.39, 0.29) is 17.7 Å². The number of thioether (sulfide) groups is 1. The van der Waals surface area contributed by atoms with Crippen LogP contribution in [0.2, 0.25) is 0 Å². The smallest absolute Gasteiger partial charge is 0.269 e. The highest BCUT2D eigenvalue weighted by Gasteiger charge is 2.24. The number of terminal acetylenes is 1. The zero-order valence-corrected chi connectivity index (χ0v) is 18.5. The molecule has 0 saturated carbocycles. The van der Waals surface area contributed by atoms with E-state index >= 15 is 0 Å². The predicted octanol–water partition coefficient (Wildman–Crippen LogP) is 2.96. The molecular weight excluding hydrogens is 422 g/mol. The minimum atomic E-state index is -0.334. The van der Waals surface area contributed by atoms with Gasteiger partial charge in [-0.3, -0.25) is 25.3 Å². The number of carbonyl (C=O) groups excluding carboxylic acids is 2. The highest BCUT2D eigenvalue weighted by molar-refractivity contribution is 7.98. The average molecular weight is 448 g/mol. The number of imidazole rings is 1. The third-order valence-corrected chi connectivity index (χ3v) is 6.48. The topological polar surface area (TPSA) is 90.1 Å². The molecule has 3 aromatic rings. The van der Waals surface area contributed by atoms with Gasteiger partial charge in [0.2, 0.25) is 5.91 Å². The van der Waals surface area contributed by atoms with Crippen molar-refractivity contribution >= 4 is 34.6 Å². The molecular formula is C24H25N5O2S.